The number of nitrogens with zero attached hydrogens (tertiary/aromatic N) is 7. The van der Waals surface area contributed by atoms with Gasteiger partial charge in [0.15, 0.2) is 5.57 Å². The number of aromatic nitrogens is 3. The van der Waals surface area contributed by atoms with Crippen LogP contribution < -0.4 is 10.2 Å². The summed E-state index contributed by atoms with van der Waals surface area (Å²) in [4.78, 5) is 3.83. The minimum atomic E-state index is -0.269. The summed E-state index contributed by atoms with van der Waals surface area (Å²) in [6.07, 6.45) is 0. The van der Waals surface area contributed by atoms with Crippen molar-refractivity contribution in [3.05, 3.63) is 53.2 Å². The molecule has 0 atom stereocenters. The van der Waals surface area contributed by atoms with Gasteiger partial charge in [-0.1, -0.05) is 0 Å². The Balaban J connectivity index is 1.96. The summed E-state index contributed by atoms with van der Waals surface area (Å²) < 4.78 is 0. The number of rotatable bonds is 6. The van der Waals surface area contributed by atoms with Gasteiger partial charge in [0.05, 0.1) is 5.69 Å². The number of fused-ring (bicyclic) bond motifs is 1. The van der Waals surface area contributed by atoms with E-state index >= 15 is 0 Å². The Hall–Kier alpha value is -4.35. The number of nitrogens with one attached hydrogen (secondary N) is 1. The van der Waals surface area contributed by atoms with Gasteiger partial charge in [0.1, 0.15) is 34.9 Å². The fourth-order valence-electron chi connectivity index (χ4n) is 3.12. The van der Waals surface area contributed by atoms with E-state index in [0.717, 1.165) is 30.0 Å². The zero-order valence-corrected chi connectivity index (χ0v) is 17.0. The lowest BCUT2D eigenvalue weighted by molar-refractivity contribution is 0.765. The Labute approximate surface area is 174 Å². The fraction of sp³-hybridized carbons (Fsp3) is 0.227. The van der Waals surface area contributed by atoms with Gasteiger partial charge in [-0.3, -0.25) is 0 Å². The van der Waals surface area contributed by atoms with Crippen LogP contribution in [0.15, 0.2) is 47.7 Å². The standard InChI is InChI=1S/C22H20N8/c1-4-29(5-2)17-6-8-18(9-7-17)30-27-20-10-15(3)19(11-21(20)28-30)26-22(14-25)16(12-23)13-24/h6-11,26H,4-5H2,1-3H3. The SMILES string of the molecule is CCN(CC)c1ccc(-n2nc3cc(C)c(NC(C#N)=C(C#N)C#N)cc3n2)cc1. The summed E-state index contributed by atoms with van der Waals surface area (Å²) in [6, 6.07) is 16.9. The van der Waals surface area contributed by atoms with Crippen molar-refractivity contribution in [3.8, 4) is 23.9 Å². The largest absolute Gasteiger partial charge is 0.372 e. The Morgan fingerprint density at radius 3 is 2.10 bits per heavy atom. The third-order valence-electron chi connectivity index (χ3n) is 4.78. The molecule has 3 rings (SSSR count). The first-order valence-corrected chi connectivity index (χ1v) is 9.49. The monoisotopic (exact) mass is 396 g/mol. The normalized spacial score (nSPS) is 10.0. The van der Waals surface area contributed by atoms with Crippen LogP contribution in [-0.2, 0) is 0 Å². The molecule has 8 nitrogen and oxygen atoms in total. The van der Waals surface area contributed by atoms with Gasteiger partial charge in [-0.25, -0.2) is 0 Å². The van der Waals surface area contributed by atoms with Crippen LogP contribution in [0.25, 0.3) is 16.7 Å². The highest BCUT2D eigenvalue weighted by Crippen LogP contribution is 2.24. The molecule has 0 spiro atoms. The zero-order valence-electron chi connectivity index (χ0n) is 17.0. The second-order valence-corrected chi connectivity index (χ2v) is 6.54. The summed E-state index contributed by atoms with van der Waals surface area (Å²) in [7, 11) is 0. The molecule has 0 saturated heterocycles. The molecule has 0 aliphatic rings. The van der Waals surface area contributed by atoms with Crippen LogP contribution in [0.2, 0.25) is 0 Å². The maximum absolute atomic E-state index is 9.27. The molecule has 2 aromatic carbocycles. The first-order valence-electron chi connectivity index (χ1n) is 9.49. The van der Waals surface area contributed by atoms with Crippen molar-refractivity contribution in [1.82, 2.24) is 15.0 Å². The van der Waals surface area contributed by atoms with Gasteiger partial charge >= 0.3 is 0 Å². The second kappa shape index (κ2) is 8.77. The second-order valence-electron chi connectivity index (χ2n) is 6.54. The molecule has 1 N–H and O–H groups in total. The van der Waals surface area contributed by atoms with Gasteiger partial charge in [-0.15, -0.1) is 10.2 Å². The quantitative estimate of drug-likeness (QED) is 0.629. The summed E-state index contributed by atoms with van der Waals surface area (Å²) in [5, 5.41) is 39.2. The number of allylic oxidation sites excluding steroid dienone is 2. The first kappa shape index (κ1) is 20.4. The molecule has 148 valence electrons. The Morgan fingerprint density at radius 1 is 0.967 bits per heavy atom. The molecule has 0 saturated carbocycles. The highest BCUT2D eigenvalue weighted by molar-refractivity contribution is 5.81. The van der Waals surface area contributed by atoms with Gasteiger partial charge in [-0.2, -0.15) is 20.6 Å². The van der Waals surface area contributed by atoms with Crippen LogP contribution >= 0.6 is 0 Å². The number of nitriles is 3. The number of aryl methyl sites for hydroxylation is 1. The molecule has 0 aliphatic heterocycles. The molecule has 0 unspecified atom stereocenters. The smallest absolute Gasteiger partial charge is 0.163 e. The van der Waals surface area contributed by atoms with Crippen molar-refractivity contribution in [2.75, 3.05) is 23.3 Å². The van der Waals surface area contributed by atoms with Crippen LogP contribution in [-0.4, -0.2) is 28.1 Å². The molecule has 0 bridgehead atoms. The number of benzene rings is 2. The minimum absolute atomic E-state index is 0.0955. The highest BCUT2D eigenvalue weighted by atomic mass is 15.5. The molecular weight excluding hydrogens is 376 g/mol. The van der Waals surface area contributed by atoms with Gasteiger partial charge in [0.2, 0.25) is 0 Å². The summed E-state index contributed by atoms with van der Waals surface area (Å²) >= 11 is 0. The van der Waals surface area contributed by atoms with Crippen molar-refractivity contribution in [2.45, 2.75) is 20.8 Å². The molecule has 8 heteroatoms. The lowest BCUT2D eigenvalue weighted by Crippen LogP contribution is -2.21. The summed E-state index contributed by atoms with van der Waals surface area (Å²) in [5.74, 6) is 0. The highest BCUT2D eigenvalue weighted by Gasteiger charge is 2.12. The van der Waals surface area contributed by atoms with Crippen molar-refractivity contribution < 1.29 is 0 Å². The van der Waals surface area contributed by atoms with Gasteiger partial charge in [0, 0.05) is 24.5 Å². The topological polar surface area (TPSA) is 117 Å². The van der Waals surface area contributed by atoms with Crippen molar-refractivity contribution in [2.24, 2.45) is 0 Å². The fourth-order valence-corrected chi connectivity index (χ4v) is 3.12. The van der Waals surface area contributed by atoms with Crippen LogP contribution in [0, 0.1) is 40.9 Å². The van der Waals surface area contributed by atoms with Crippen molar-refractivity contribution >= 4 is 22.4 Å². The maximum Gasteiger partial charge on any atom is 0.163 e. The summed E-state index contributed by atoms with van der Waals surface area (Å²) in [5.41, 5.74) is 4.35. The Bertz CT molecular complexity index is 1210. The molecule has 0 fully saturated rings. The van der Waals surface area contributed by atoms with Gasteiger partial charge < -0.3 is 10.2 Å². The Kier molecular flexibility index (Phi) is 5.96. The van der Waals surface area contributed by atoms with Crippen LogP contribution in [0.3, 0.4) is 0 Å². The van der Waals surface area contributed by atoms with E-state index in [1.54, 1.807) is 23.0 Å². The van der Waals surface area contributed by atoms with E-state index in [1.165, 1.54) is 0 Å². The number of hydrogen-bond donors (Lipinski definition) is 1. The average Bonchev–Trinajstić information content (AvgIpc) is 3.17. The maximum atomic E-state index is 9.27. The van der Waals surface area contributed by atoms with E-state index in [9.17, 15) is 5.26 Å². The van der Waals surface area contributed by atoms with Crippen LogP contribution in [0.5, 0.6) is 0 Å². The molecule has 0 aliphatic carbocycles. The van der Waals surface area contributed by atoms with Crippen LogP contribution in [0.4, 0.5) is 11.4 Å². The van der Waals surface area contributed by atoms with Crippen molar-refractivity contribution in [1.29, 1.82) is 15.8 Å². The molecule has 1 aromatic heterocycles. The summed E-state index contributed by atoms with van der Waals surface area (Å²) in [6.45, 7) is 7.97. The van der Waals surface area contributed by atoms with E-state index < -0.39 is 0 Å². The van der Waals surface area contributed by atoms with Crippen molar-refractivity contribution in [3.63, 3.8) is 0 Å². The van der Waals surface area contributed by atoms with E-state index in [-0.39, 0.29) is 11.3 Å². The Morgan fingerprint density at radius 2 is 1.57 bits per heavy atom. The third-order valence-corrected chi connectivity index (χ3v) is 4.78. The van der Waals surface area contributed by atoms with E-state index in [4.69, 9.17) is 10.5 Å². The lowest BCUT2D eigenvalue weighted by atomic mass is 10.1. The van der Waals surface area contributed by atoms with E-state index in [0.29, 0.717) is 16.7 Å². The first-order chi connectivity index (χ1) is 14.5. The van der Waals surface area contributed by atoms with E-state index in [2.05, 4.69) is 34.3 Å². The molecule has 30 heavy (non-hydrogen) atoms. The van der Waals surface area contributed by atoms with E-state index in [1.807, 2.05) is 43.3 Å². The van der Waals surface area contributed by atoms with Gasteiger partial charge in [-0.05, 0) is 62.7 Å². The van der Waals surface area contributed by atoms with Gasteiger partial charge in [0.25, 0.3) is 0 Å². The molecular formula is C22H20N8. The molecule has 1 heterocycles. The average molecular weight is 396 g/mol. The third kappa shape index (κ3) is 3.92. The molecule has 3 aromatic rings. The number of anilines is 2. The lowest BCUT2D eigenvalue weighted by Gasteiger charge is -2.20. The molecule has 0 radical (unpaired) electrons. The zero-order chi connectivity index (χ0) is 21.7. The predicted octanol–water partition coefficient (Wildman–Crippen LogP) is 3.81. The predicted molar refractivity (Wildman–Crippen MR) is 115 cm³/mol. The molecule has 0 amide bonds. The minimum Gasteiger partial charge on any atom is -0.372 e. The van der Waals surface area contributed by atoms with Crippen LogP contribution in [0.1, 0.15) is 19.4 Å². The number of hydrogen-bond acceptors (Lipinski definition) is 7.